The van der Waals surface area contributed by atoms with Crippen LogP contribution in [0.1, 0.15) is 11.9 Å². The fourth-order valence-electron chi connectivity index (χ4n) is 1.12. The molecular weight excluding hydrogens is 246 g/mol. The topological polar surface area (TPSA) is 112 Å². The van der Waals surface area contributed by atoms with Crippen molar-refractivity contribution in [1.29, 1.82) is 0 Å². The van der Waals surface area contributed by atoms with E-state index in [0.717, 1.165) is 11.7 Å². The van der Waals surface area contributed by atoms with E-state index in [1.165, 1.54) is 22.3 Å². The average Bonchev–Trinajstić information content (AvgIpc) is 2.89. The van der Waals surface area contributed by atoms with Crippen LogP contribution in [0.25, 0.3) is 0 Å². The molecule has 0 saturated heterocycles. The normalized spacial score (nSPS) is 10.4. The standard InChI is InChI=1S/C7H9N7O2S/c1-2-8-7-11-10-5(17-7)3-13-4-9-6(12-13)14(15)16/h4H,2-3H2,1H3,(H,8,11). The van der Waals surface area contributed by atoms with Gasteiger partial charge in [0, 0.05) is 11.6 Å². The minimum absolute atomic E-state index is 0.323. The summed E-state index contributed by atoms with van der Waals surface area (Å²) >= 11 is 1.38. The number of anilines is 1. The molecule has 2 heterocycles. The van der Waals surface area contributed by atoms with E-state index in [9.17, 15) is 10.1 Å². The Morgan fingerprint density at radius 3 is 3.06 bits per heavy atom. The molecule has 0 aliphatic heterocycles. The zero-order valence-corrected chi connectivity index (χ0v) is 9.72. The Kier molecular flexibility index (Phi) is 3.23. The van der Waals surface area contributed by atoms with Gasteiger partial charge in [-0.2, -0.15) is 4.68 Å². The van der Waals surface area contributed by atoms with E-state index in [4.69, 9.17) is 0 Å². The van der Waals surface area contributed by atoms with E-state index in [1.807, 2.05) is 6.92 Å². The first-order valence-corrected chi connectivity index (χ1v) is 5.60. The molecule has 17 heavy (non-hydrogen) atoms. The minimum Gasteiger partial charge on any atom is -0.390 e. The summed E-state index contributed by atoms with van der Waals surface area (Å²) in [5.74, 6) is -0.415. The number of nitro groups is 1. The van der Waals surface area contributed by atoms with Crippen LogP contribution in [0.3, 0.4) is 0 Å². The van der Waals surface area contributed by atoms with Crippen molar-refractivity contribution in [3.05, 3.63) is 21.4 Å². The third-order valence-electron chi connectivity index (χ3n) is 1.78. The van der Waals surface area contributed by atoms with Gasteiger partial charge in [0.2, 0.25) is 11.5 Å². The third-order valence-corrected chi connectivity index (χ3v) is 2.65. The molecule has 0 fully saturated rings. The van der Waals surface area contributed by atoms with Gasteiger partial charge in [0.1, 0.15) is 11.6 Å². The van der Waals surface area contributed by atoms with Crippen molar-refractivity contribution >= 4 is 22.4 Å². The van der Waals surface area contributed by atoms with Gasteiger partial charge in [-0.25, -0.2) is 0 Å². The molecule has 2 aromatic heterocycles. The Labute approximate surface area is 99.7 Å². The lowest BCUT2D eigenvalue weighted by atomic mass is 10.7. The molecule has 0 bridgehead atoms. The van der Waals surface area contributed by atoms with Gasteiger partial charge in [0.25, 0.3) is 0 Å². The highest BCUT2D eigenvalue weighted by Gasteiger charge is 2.14. The SMILES string of the molecule is CCNc1nnc(Cn2cnc([N+](=O)[O-])n2)s1. The second kappa shape index (κ2) is 4.82. The van der Waals surface area contributed by atoms with E-state index in [0.29, 0.717) is 11.6 Å². The van der Waals surface area contributed by atoms with Crippen molar-refractivity contribution in [1.82, 2.24) is 25.0 Å². The van der Waals surface area contributed by atoms with Crippen molar-refractivity contribution in [2.24, 2.45) is 0 Å². The smallest absolute Gasteiger partial charge is 0.390 e. The van der Waals surface area contributed by atoms with Gasteiger partial charge in [-0.05, 0) is 11.8 Å². The molecule has 0 amide bonds. The molecule has 0 spiro atoms. The molecule has 0 unspecified atom stereocenters. The van der Waals surface area contributed by atoms with Gasteiger partial charge >= 0.3 is 5.95 Å². The van der Waals surface area contributed by atoms with Gasteiger partial charge in [0.15, 0.2) is 0 Å². The third kappa shape index (κ3) is 2.72. The first kappa shape index (κ1) is 11.4. The molecule has 0 atom stereocenters. The number of rotatable bonds is 5. The quantitative estimate of drug-likeness (QED) is 0.612. The summed E-state index contributed by atoms with van der Waals surface area (Å²) in [6.07, 6.45) is 1.30. The molecule has 0 aliphatic carbocycles. The monoisotopic (exact) mass is 255 g/mol. The lowest BCUT2D eigenvalue weighted by Crippen LogP contribution is -2.00. The Morgan fingerprint density at radius 2 is 2.41 bits per heavy atom. The van der Waals surface area contributed by atoms with Crippen LogP contribution in [-0.2, 0) is 6.54 Å². The van der Waals surface area contributed by atoms with Crippen LogP contribution in [0.15, 0.2) is 6.33 Å². The Bertz CT molecular complexity index is 522. The van der Waals surface area contributed by atoms with Crippen LogP contribution >= 0.6 is 11.3 Å². The van der Waals surface area contributed by atoms with Crippen LogP contribution in [0.2, 0.25) is 0 Å². The molecule has 0 aliphatic rings. The van der Waals surface area contributed by atoms with Crippen LogP contribution in [0.4, 0.5) is 11.1 Å². The molecule has 90 valence electrons. The summed E-state index contributed by atoms with van der Waals surface area (Å²) in [5, 5.41) is 26.4. The highest BCUT2D eigenvalue weighted by atomic mass is 32.1. The maximum atomic E-state index is 10.4. The van der Waals surface area contributed by atoms with Gasteiger partial charge in [0.05, 0.1) is 0 Å². The predicted molar refractivity (Wildman–Crippen MR) is 59.9 cm³/mol. The maximum Gasteiger partial charge on any atom is 0.490 e. The molecule has 9 nitrogen and oxygen atoms in total. The fourth-order valence-corrected chi connectivity index (χ4v) is 1.92. The lowest BCUT2D eigenvalue weighted by molar-refractivity contribution is -0.394. The van der Waals surface area contributed by atoms with E-state index in [-0.39, 0.29) is 0 Å². The summed E-state index contributed by atoms with van der Waals surface area (Å²) < 4.78 is 1.36. The van der Waals surface area contributed by atoms with Crippen molar-refractivity contribution < 1.29 is 4.92 Å². The van der Waals surface area contributed by atoms with Gasteiger partial charge < -0.3 is 15.4 Å². The summed E-state index contributed by atoms with van der Waals surface area (Å²) in [6, 6.07) is 0. The summed E-state index contributed by atoms with van der Waals surface area (Å²) in [4.78, 5) is 13.3. The van der Waals surface area contributed by atoms with Crippen LogP contribution < -0.4 is 5.32 Å². The highest BCUT2D eigenvalue weighted by Crippen LogP contribution is 2.15. The van der Waals surface area contributed by atoms with E-state index in [1.54, 1.807) is 0 Å². The molecule has 2 aromatic rings. The van der Waals surface area contributed by atoms with Crippen molar-refractivity contribution in [3.63, 3.8) is 0 Å². The van der Waals surface area contributed by atoms with Crippen LogP contribution in [0, 0.1) is 10.1 Å². The Hall–Kier alpha value is -2.10. The number of hydrogen-bond acceptors (Lipinski definition) is 8. The zero-order chi connectivity index (χ0) is 12.3. The first-order chi connectivity index (χ1) is 8.19. The van der Waals surface area contributed by atoms with Crippen molar-refractivity contribution in [2.75, 3.05) is 11.9 Å². The average molecular weight is 255 g/mol. The van der Waals surface area contributed by atoms with Crippen molar-refractivity contribution in [3.8, 4) is 0 Å². The molecule has 2 rings (SSSR count). The Morgan fingerprint density at radius 1 is 1.59 bits per heavy atom. The van der Waals surface area contributed by atoms with Gasteiger partial charge in [-0.15, -0.1) is 10.2 Å². The number of hydrogen-bond donors (Lipinski definition) is 1. The van der Waals surface area contributed by atoms with Gasteiger partial charge in [-0.1, -0.05) is 16.3 Å². The molecule has 0 saturated carbocycles. The minimum atomic E-state index is -0.638. The largest absolute Gasteiger partial charge is 0.490 e. The zero-order valence-electron chi connectivity index (χ0n) is 8.90. The molecular formula is C7H9N7O2S. The van der Waals surface area contributed by atoms with Crippen LogP contribution in [-0.4, -0.2) is 36.4 Å². The van der Waals surface area contributed by atoms with E-state index >= 15 is 0 Å². The van der Waals surface area contributed by atoms with Gasteiger partial charge in [-0.3, -0.25) is 0 Å². The van der Waals surface area contributed by atoms with E-state index in [2.05, 4.69) is 25.6 Å². The predicted octanol–water partition coefficient (Wildman–Crippen LogP) is 0.518. The number of nitrogens with zero attached hydrogens (tertiary/aromatic N) is 6. The first-order valence-electron chi connectivity index (χ1n) is 4.79. The lowest BCUT2D eigenvalue weighted by Gasteiger charge is -1.92. The van der Waals surface area contributed by atoms with Crippen molar-refractivity contribution in [2.45, 2.75) is 13.5 Å². The molecule has 1 N–H and O–H groups in total. The molecule has 0 radical (unpaired) electrons. The van der Waals surface area contributed by atoms with E-state index < -0.39 is 10.9 Å². The Balaban J connectivity index is 2.05. The maximum absolute atomic E-state index is 10.4. The summed E-state index contributed by atoms with van der Waals surface area (Å²) in [7, 11) is 0. The fraction of sp³-hybridized carbons (Fsp3) is 0.429. The summed E-state index contributed by atoms with van der Waals surface area (Å²) in [6.45, 7) is 3.05. The number of aromatic nitrogens is 5. The molecule has 0 aromatic carbocycles. The summed E-state index contributed by atoms with van der Waals surface area (Å²) in [5.41, 5.74) is 0. The number of nitrogens with one attached hydrogen (secondary N) is 1. The van der Waals surface area contributed by atoms with Crippen LogP contribution in [0.5, 0.6) is 0 Å². The highest BCUT2D eigenvalue weighted by molar-refractivity contribution is 7.15. The second-order valence-corrected chi connectivity index (χ2v) is 4.09. The molecule has 10 heteroatoms. The second-order valence-electron chi connectivity index (χ2n) is 3.03.